The van der Waals surface area contributed by atoms with Gasteiger partial charge in [0.15, 0.2) is 0 Å². The molecule has 2 amide bonds. The maximum absolute atomic E-state index is 13.5. The van der Waals surface area contributed by atoms with Crippen molar-refractivity contribution < 1.29 is 19.1 Å². The highest BCUT2D eigenvalue weighted by molar-refractivity contribution is 6.00. The Morgan fingerprint density at radius 2 is 1.86 bits per heavy atom. The summed E-state index contributed by atoms with van der Waals surface area (Å²) in [5.41, 5.74) is 2.32. The van der Waals surface area contributed by atoms with Crippen LogP contribution in [0, 0.1) is 11.8 Å². The molecule has 4 rings (SSSR count). The number of nitrogens with one attached hydrogen (secondary N) is 1. The average Bonchev–Trinajstić information content (AvgIpc) is 3.71. The quantitative estimate of drug-likeness (QED) is 0.701. The summed E-state index contributed by atoms with van der Waals surface area (Å²) in [6.07, 6.45) is 1.74. The fourth-order valence-corrected chi connectivity index (χ4v) is 4.56. The number of carbonyl (C=O) groups excluding carboxylic acids is 2. The first-order chi connectivity index (χ1) is 16.9. The lowest BCUT2D eigenvalue weighted by atomic mass is 10.0. The number of anilines is 1. The number of nitrogens with zero attached hydrogens (tertiary/aromatic N) is 2. The molecule has 7 heteroatoms. The summed E-state index contributed by atoms with van der Waals surface area (Å²) < 4.78 is 12.1. The van der Waals surface area contributed by atoms with E-state index in [0.717, 1.165) is 25.9 Å². The molecule has 2 aromatic carbocycles. The highest BCUT2D eigenvalue weighted by Crippen LogP contribution is 2.31. The van der Waals surface area contributed by atoms with Crippen molar-refractivity contribution in [3.05, 3.63) is 59.7 Å². The van der Waals surface area contributed by atoms with Crippen molar-refractivity contribution in [2.24, 2.45) is 11.8 Å². The molecule has 1 aliphatic carbocycles. The normalized spacial score (nSPS) is 24.1. The van der Waals surface area contributed by atoms with Crippen molar-refractivity contribution in [1.29, 1.82) is 0 Å². The number of methoxy groups -OCH3 is 1. The molecule has 0 aromatic heterocycles. The number of ether oxygens (including phenoxy) is 2. The molecule has 1 aliphatic heterocycles. The molecule has 3 atom stereocenters. The topological polar surface area (TPSA) is 71.1 Å². The van der Waals surface area contributed by atoms with E-state index in [-0.39, 0.29) is 35.8 Å². The summed E-state index contributed by atoms with van der Waals surface area (Å²) >= 11 is 0. The Kier molecular flexibility index (Phi) is 8.08. The minimum absolute atomic E-state index is 0.0123. The van der Waals surface area contributed by atoms with Crippen molar-refractivity contribution in [2.75, 3.05) is 39.2 Å². The predicted octanol–water partition coefficient (Wildman–Crippen LogP) is 4.04. The molecule has 0 radical (unpaired) electrons. The summed E-state index contributed by atoms with van der Waals surface area (Å²) in [6.45, 7) is 6.85. The standard InChI is InChI=1S/C28H37N3O4/c1-19-15-31(16-21-8-6-5-7-9-21)20(2)18-35-25-13-12-23(29-27(32)22-10-11-22)14-24(25)28(33)30(3)17-26(19)34-4/h5-9,12-14,19-20,22,26H,10-11,15-18H2,1-4H3,(H,29,32)/t19-,20+,26+/m0/s1. The SMILES string of the molecule is CO[C@@H]1CN(C)C(=O)c2cc(NC(=O)C3CC3)ccc2OC[C@@H](C)N(Cc2ccccc2)C[C@@H]1C. The minimum atomic E-state index is -0.147. The van der Waals surface area contributed by atoms with Gasteiger partial charge in [0, 0.05) is 51.4 Å². The molecule has 2 aliphatic rings. The maximum atomic E-state index is 13.5. The number of fused-ring (bicyclic) bond motifs is 1. The van der Waals surface area contributed by atoms with Gasteiger partial charge in [-0.2, -0.15) is 0 Å². The lowest BCUT2D eigenvalue weighted by Gasteiger charge is -2.36. The van der Waals surface area contributed by atoms with E-state index in [1.165, 1.54) is 5.56 Å². The van der Waals surface area contributed by atoms with E-state index in [4.69, 9.17) is 9.47 Å². The number of benzene rings is 2. The molecule has 188 valence electrons. The van der Waals surface area contributed by atoms with E-state index in [9.17, 15) is 9.59 Å². The Bertz CT molecular complexity index is 1020. The second kappa shape index (κ2) is 11.2. The van der Waals surface area contributed by atoms with Crippen molar-refractivity contribution in [2.45, 2.75) is 45.4 Å². The third kappa shape index (κ3) is 6.41. The van der Waals surface area contributed by atoms with Crippen LogP contribution >= 0.6 is 0 Å². The van der Waals surface area contributed by atoms with E-state index < -0.39 is 0 Å². The summed E-state index contributed by atoms with van der Waals surface area (Å²) in [6, 6.07) is 15.9. The molecular weight excluding hydrogens is 442 g/mol. The minimum Gasteiger partial charge on any atom is -0.491 e. The largest absolute Gasteiger partial charge is 0.491 e. The van der Waals surface area contributed by atoms with Gasteiger partial charge in [-0.25, -0.2) is 0 Å². The zero-order valence-electron chi connectivity index (χ0n) is 21.2. The van der Waals surface area contributed by atoms with Crippen molar-refractivity contribution in [3.63, 3.8) is 0 Å². The van der Waals surface area contributed by atoms with E-state index in [1.807, 2.05) is 12.1 Å². The van der Waals surface area contributed by atoms with Gasteiger partial charge in [0.1, 0.15) is 12.4 Å². The Morgan fingerprint density at radius 1 is 1.11 bits per heavy atom. The summed E-state index contributed by atoms with van der Waals surface area (Å²) in [7, 11) is 3.50. The predicted molar refractivity (Wildman–Crippen MR) is 137 cm³/mol. The summed E-state index contributed by atoms with van der Waals surface area (Å²) in [5, 5.41) is 2.95. The smallest absolute Gasteiger partial charge is 0.257 e. The van der Waals surface area contributed by atoms with Crippen LogP contribution in [0.15, 0.2) is 48.5 Å². The van der Waals surface area contributed by atoms with Crippen molar-refractivity contribution in [1.82, 2.24) is 9.80 Å². The molecular formula is C28H37N3O4. The third-order valence-electron chi connectivity index (χ3n) is 7.02. The Morgan fingerprint density at radius 3 is 2.54 bits per heavy atom. The zero-order chi connectivity index (χ0) is 24.9. The zero-order valence-corrected chi connectivity index (χ0v) is 21.2. The molecule has 0 bridgehead atoms. The van der Waals surface area contributed by atoms with Crippen LogP contribution in [0.1, 0.15) is 42.6 Å². The first-order valence-electron chi connectivity index (χ1n) is 12.5. The Labute approximate surface area is 208 Å². The van der Waals surface area contributed by atoms with Crippen LogP contribution in [0.2, 0.25) is 0 Å². The number of hydrogen-bond donors (Lipinski definition) is 1. The fraction of sp³-hybridized carbons (Fsp3) is 0.500. The van der Waals surface area contributed by atoms with Gasteiger partial charge in [-0.05, 0) is 49.4 Å². The van der Waals surface area contributed by atoms with Crippen molar-refractivity contribution in [3.8, 4) is 5.75 Å². The van der Waals surface area contributed by atoms with E-state index in [0.29, 0.717) is 30.2 Å². The summed E-state index contributed by atoms with van der Waals surface area (Å²) in [4.78, 5) is 29.8. The Hall–Kier alpha value is -2.90. The molecule has 1 fully saturated rings. The first-order valence-corrected chi connectivity index (χ1v) is 12.5. The van der Waals surface area contributed by atoms with Crippen LogP contribution < -0.4 is 10.1 Å². The van der Waals surface area contributed by atoms with Crippen LogP contribution in [0.5, 0.6) is 5.75 Å². The molecule has 0 unspecified atom stereocenters. The first kappa shape index (κ1) is 25.2. The highest BCUT2D eigenvalue weighted by atomic mass is 16.5. The van der Waals surface area contributed by atoms with Gasteiger partial charge in [0.25, 0.3) is 5.91 Å². The van der Waals surface area contributed by atoms with Gasteiger partial charge in [0.05, 0.1) is 11.7 Å². The number of carbonyl (C=O) groups is 2. The van der Waals surface area contributed by atoms with E-state index in [1.54, 1.807) is 31.2 Å². The lowest BCUT2D eigenvalue weighted by Crippen LogP contribution is -2.46. The fourth-order valence-electron chi connectivity index (χ4n) is 4.56. The van der Waals surface area contributed by atoms with Gasteiger partial charge in [-0.15, -0.1) is 0 Å². The molecule has 2 aromatic rings. The van der Waals surface area contributed by atoms with Crippen molar-refractivity contribution >= 4 is 17.5 Å². The van der Waals surface area contributed by atoms with Gasteiger partial charge < -0.3 is 19.7 Å². The molecule has 0 saturated heterocycles. The molecule has 7 nitrogen and oxygen atoms in total. The third-order valence-corrected chi connectivity index (χ3v) is 7.02. The number of amides is 2. The highest BCUT2D eigenvalue weighted by Gasteiger charge is 2.31. The lowest BCUT2D eigenvalue weighted by molar-refractivity contribution is -0.117. The van der Waals surface area contributed by atoms with Gasteiger partial charge >= 0.3 is 0 Å². The second-order valence-electron chi connectivity index (χ2n) is 9.99. The van der Waals surface area contributed by atoms with Crippen LogP contribution in [0.25, 0.3) is 0 Å². The van der Waals surface area contributed by atoms with E-state index >= 15 is 0 Å². The molecule has 0 spiro atoms. The maximum Gasteiger partial charge on any atom is 0.257 e. The number of hydrogen-bond acceptors (Lipinski definition) is 5. The van der Waals surface area contributed by atoms with Gasteiger partial charge in [0.2, 0.25) is 5.91 Å². The van der Waals surface area contributed by atoms with Crippen LogP contribution in [0.4, 0.5) is 5.69 Å². The Balaban J connectivity index is 1.61. The number of rotatable bonds is 5. The molecule has 35 heavy (non-hydrogen) atoms. The van der Waals surface area contributed by atoms with Crippen LogP contribution in [0.3, 0.4) is 0 Å². The molecule has 1 N–H and O–H groups in total. The van der Waals surface area contributed by atoms with E-state index in [2.05, 4.69) is 48.3 Å². The van der Waals surface area contributed by atoms with Gasteiger partial charge in [-0.3, -0.25) is 14.5 Å². The molecule has 1 saturated carbocycles. The van der Waals surface area contributed by atoms with Crippen LogP contribution in [-0.4, -0.2) is 67.6 Å². The molecule has 1 heterocycles. The van der Waals surface area contributed by atoms with Crippen LogP contribution in [-0.2, 0) is 16.1 Å². The number of likely N-dealkylation sites (N-methyl/N-ethyl adjacent to an activating group) is 1. The second-order valence-corrected chi connectivity index (χ2v) is 9.99. The van der Waals surface area contributed by atoms with Gasteiger partial charge in [-0.1, -0.05) is 37.3 Å². The summed E-state index contributed by atoms with van der Waals surface area (Å²) in [5.74, 6) is 0.681. The monoisotopic (exact) mass is 479 g/mol. The average molecular weight is 480 g/mol.